The Labute approximate surface area is 122 Å². The number of hydrogen-bond acceptors (Lipinski definition) is 4. The average molecular weight is 283 g/mol. The van der Waals surface area contributed by atoms with Gasteiger partial charge in [0.05, 0.1) is 0 Å². The zero-order valence-electron chi connectivity index (χ0n) is 13.1. The van der Waals surface area contributed by atoms with Crippen LogP contribution in [0, 0.1) is 0 Å². The van der Waals surface area contributed by atoms with Gasteiger partial charge in [0.15, 0.2) is 0 Å². The molecule has 0 aromatic heterocycles. The molecule has 2 fully saturated rings. The molecule has 1 heterocycles. The van der Waals surface area contributed by atoms with Gasteiger partial charge in [-0.2, -0.15) is 0 Å². The molecule has 3 unspecified atom stereocenters. The van der Waals surface area contributed by atoms with Crippen molar-refractivity contribution in [3.8, 4) is 0 Å². The third kappa shape index (κ3) is 2.85. The maximum atomic E-state index is 11.5. The summed E-state index contributed by atoms with van der Waals surface area (Å²) in [5, 5.41) is 12.5. The number of hydrogen-bond donors (Lipinski definition) is 2. The van der Waals surface area contributed by atoms with Gasteiger partial charge in [-0.3, -0.25) is 14.6 Å². The Morgan fingerprint density at radius 1 is 1.40 bits per heavy atom. The van der Waals surface area contributed by atoms with E-state index >= 15 is 0 Å². The highest BCUT2D eigenvalue weighted by Gasteiger charge is 2.47. The fourth-order valence-electron chi connectivity index (χ4n) is 4.00. The van der Waals surface area contributed by atoms with Crippen molar-refractivity contribution in [2.75, 3.05) is 33.2 Å². The first kappa shape index (κ1) is 15.7. The van der Waals surface area contributed by atoms with Gasteiger partial charge in [-0.1, -0.05) is 13.8 Å². The molecule has 1 saturated carbocycles. The highest BCUT2D eigenvalue weighted by molar-refractivity contribution is 5.79. The van der Waals surface area contributed by atoms with Crippen LogP contribution in [0.1, 0.15) is 39.5 Å². The summed E-state index contributed by atoms with van der Waals surface area (Å²) in [5.41, 5.74) is -0.696. The van der Waals surface area contributed by atoms with Crippen LogP contribution in [0.25, 0.3) is 0 Å². The first-order chi connectivity index (χ1) is 9.56. The minimum Gasteiger partial charge on any atom is -0.480 e. The molecule has 2 N–H and O–H groups in total. The van der Waals surface area contributed by atoms with Crippen molar-refractivity contribution in [2.24, 2.45) is 0 Å². The Morgan fingerprint density at radius 3 is 2.60 bits per heavy atom. The number of carbonyl (C=O) groups is 1. The SMILES string of the molecule is CCN(CC)C1CCN(C2CCC(NC)(C(=O)O)C2)C1. The van der Waals surface area contributed by atoms with E-state index in [-0.39, 0.29) is 0 Å². The molecular weight excluding hydrogens is 254 g/mol. The molecule has 1 aliphatic carbocycles. The first-order valence-corrected chi connectivity index (χ1v) is 7.96. The van der Waals surface area contributed by atoms with Crippen molar-refractivity contribution in [3.63, 3.8) is 0 Å². The molecule has 0 spiro atoms. The predicted molar refractivity (Wildman–Crippen MR) is 80.0 cm³/mol. The molecule has 0 radical (unpaired) electrons. The lowest BCUT2D eigenvalue weighted by molar-refractivity contribution is -0.144. The Morgan fingerprint density at radius 2 is 2.10 bits per heavy atom. The quantitative estimate of drug-likeness (QED) is 0.761. The number of nitrogens with zero attached hydrogens (tertiary/aromatic N) is 2. The van der Waals surface area contributed by atoms with E-state index < -0.39 is 11.5 Å². The minimum atomic E-state index is -0.696. The van der Waals surface area contributed by atoms with E-state index in [4.69, 9.17) is 0 Å². The van der Waals surface area contributed by atoms with Gasteiger partial charge >= 0.3 is 5.97 Å². The summed E-state index contributed by atoms with van der Waals surface area (Å²) < 4.78 is 0. The topological polar surface area (TPSA) is 55.8 Å². The number of aliphatic carboxylic acids is 1. The third-order valence-corrected chi connectivity index (χ3v) is 5.42. The van der Waals surface area contributed by atoms with Gasteiger partial charge in [0.1, 0.15) is 5.54 Å². The molecule has 0 amide bonds. The van der Waals surface area contributed by atoms with Gasteiger partial charge in [-0.05, 0) is 45.8 Å². The summed E-state index contributed by atoms with van der Waals surface area (Å²) in [4.78, 5) is 16.5. The number of nitrogens with one attached hydrogen (secondary N) is 1. The van der Waals surface area contributed by atoms with Gasteiger partial charge in [-0.25, -0.2) is 0 Å². The average Bonchev–Trinajstić information content (AvgIpc) is 3.07. The van der Waals surface area contributed by atoms with Gasteiger partial charge in [0.25, 0.3) is 0 Å². The Kier molecular flexibility index (Phi) is 5.04. The van der Waals surface area contributed by atoms with Crippen molar-refractivity contribution in [1.82, 2.24) is 15.1 Å². The second-order valence-electron chi connectivity index (χ2n) is 6.19. The largest absolute Gasteiger partial charge is 0.480 e. The lowest BCUT2D eigenvalue weighted by Crippen LogP contribution is -2.49. The minimum absolute atomic E-state index is 0.430. The van der Waals surface area contributed by atoms with Crippen LogP contribution in [-0.4, -0.2) is 71.7 Å². The third-order valence-electron chi connectivity index (χ3n) is 5.42. The number of rotatable bonds is 6. The van der Waals surface area contributed by atoms with E-state index in [1.54, 1.807) is 7.05 Å². The van der Waals surface area contributed by atoms with Crippen molar-refractivity contribution in [1.29, 1.82) is 0 Å². The molecule has 5 heteroatoms. The van der Waals surface area contributed by atoms with E-state index in [0.717, 1.165) is 45.4 Å². The molecule has 1 aliphatic heterocycles. The van der Waals surface area contributed by atoms with Crippen LogP contribution in [-0.2, 0) is 4.79 Å². The smallest absolute Gasteiger partial charge is 0.323 e. The number of carboxylic acids is 1. The molecule has 5 nitrogen and oxygen atoms in total. The van der Waals surface area contributed by atoms with Crippen LogP contribution >= 0.6 is 0 Å². The highest BCUT2D eigenvalue weighted by atomic mass is 16.4. The van der Waals surface area contributed by atoms with Crippen LogP contribution in [0.5, 0.6) is 0 Å². The zero-order valence-corrected chi connectivity index (χ0v) is 13.1. The molecule has 3 atom stereocenters. The molecular formula is C15H29N3O2. The zero-order chi connectivity index (χ0) is 14.8. The van der Waals surface area contributed by atoms with Crippen LogP contribution in [0.4, 0.5) is 0 Å². The summed E-state index contributed by atoms with van der Waals surface area (Å²) in [6.07, 6.45) is 3.70. The molecule has 116 valence electrons. The summed E-state index contributed by atoms with van der Waals surface area (Å²) in [7, 11) is 1.78. The van der Waals surface area contributed by atoms with Crippen molar-refractivity contribution < 1.29 is 9.90 Å². The molecule has 0 aromatic rings. The number of likely N-dealkylation sites (N-methyl/N-ethyl adjacent to an activating group) is 2. The van der Waals surface area contributed by atoms with E-state index in [0.29, 0.717) is 12.1 Å². The fraction of sp³-hybridized carbons (Fsp3) is 0.933. The Balaban J connectivity index is 1.94. The maximum absolute atomic E-state index is 11.5. The van der Waals surface area contributed by atoms with E-state index in [2.05, 4.69) is 29.0 Å². The number of carboxylic acid groups (broad SMARTS) is 1. The molecule has 2 rings (SSSR count). The normalized spacial score (nSPS) is 35.0. The predicted octanol–water partition coefficient (Wildman–Crippen LogP) is 0.998. The molecule has 0 bridgehead atoms. The summed E-state index contributed by atoms with van der Waals surface area (Å²) in [5.74, 6) is -0.693. The second kappa shape index (κ2) is 6.41. The van der Waals surface area contributed by atoms with Crippen molar-refractivity contribution in [2.45, 2.75) is 57.2 Å². The maximum Gasteiger partial charge on any atom is 0.323 e. The molecule has 2 aliphatic rings. The number of likely N-dealkylation sites (tertiary alicyclic amines) is 1. The van der Waals surface area contributed by atoms with Crippen LogP contribution in [0.2, 0.25) is 0 Å². The first-order valence-electron chi connectivity index (χ1n) is 7.96. The Hall–Kier alpha value is -0.650. The van der Waals surface area contributed by atoms with Crippen LogP contribution in [0.15, 0.2) is 0 Å². The standard InChI is InChI=1S/C15H29N3O2/c1-4-17(5-2)13-7-9-18(11-13)12-6-8-15(10-12,16-3)14(19)20/h12-13,16H,4-11H2,1-3H3,(H,19,20). The van der Waals surface area contributed by atoms with E-state index in [9.17, 15) is 9.90 Å². The summed E-state index contributed by atoms with van der Waals surface area (Å²) in [6, 6.07) is 1.08. The monoisotopic (exact) mass is 283 g/mol. The molecule has 1 saturated heterocycles. The lowest BCUT2D eigenvalue weighted by Gasteiger charge is -2.29. The van der Waals surface area contributed by atoms with Crippen LogP contribution in [0.3, 0.4) is 0 Å². The van der Waals surface area contributed by atoms with Crippen LogP contribution < -0.4 is 5.32 Å². The second-order valence-corrected chi connectivity index (χ2v) is 6.19. The fourth-order valence-corrected chi connectivity index (χ4v) is 4.00. The Bertz CT molecular complexity index is 346. The van der Waals surface area contributed by atoms with Gasteiger partial charge in [0, 0.05) is 25.2 Å². The van der Waals surface area contributed by atoms with E-state index in [1.807, 2.05) is 0 Å². The summed E-state index contributed by atoms with van der Waals surface area (Å²) in [6.45, 7) is 8.87. The van der Waals surface area contributed by atoms with Gasteiger partial charge < -0.3 is 10.4 Å². The molecule has 0 aromatic carbocycles. The highest BCUT2D eigenvalue weighted by Crippen LogP contribution is 2.35. The van der Waals surface area contributed by atoms with Crippen molar-refractivity contribution in [3.05, 3.63) is 0 Å². The van der Waals surface area contributed by atoms with Gasteiger partial charge in [-0.15, -0.1) is 0 Å². The lowest BCUT2D eigenvalue weighted by atomic mass is 9.98. The van der Waals surface area contributed by atoms with Gasteiger partial charge in [0.2, 0.25) is 0 Å². The molecule has 20 heavy (non-hydrogen) atoms. The van der Waals surface area contributed by atoms with E-state index in [1.165, 1.54) is 6.42 Å². The van der Waals surface area contributed by atoms with Crippen molar-refractivity contribution >= 4 is 5.97 Å². The summed E-state index contributed by atoms with van der Waals surface area (Å²) >= 11 is 0.